The average molecular weight is 254 g/mol. The minimum atomic E-state index is -0.472. The largest absolute Gasteiger partial charge is 0.388 e. The van der Waals surface area contributed by atoms with E-state index in [0.717, 1.165) is 11.3 Å². The highest BCUT2D eigenvalue weighted by atomic mass is 35.5. The molecule has 2 aromatic rings. The van der Waals surface area contributed by atoms with E-state index in [1.807, 2.05) is 23.6 Å². The summed E-state index contributed by atoms with van der Waals surface area (Å²) in [4.78, 5) is 4.81. The Kier molecular flexibility index (Phi) is 3.93. The predicted molar refractivity (Wildman–Crippen MR) is 66.8 cm³/mol. The molecule has 0 spiro atoms. The van der Waals surface area contributed by atoms with Gasteiger partial charge in [0.15, 0.2) is 0 Å². The van der Waals surface area contributed by atoms with Gasteiger partial charge in [-0.3, -0.25) is 4.98 Å². The molecule has 0 saturated heterocycles. The highest BCUT2D eigenvalue weighted by Crippen LogP contribution is 2.30. The molecular weight excluding hydrogens is 242 g/mol. The second kappa shape index (κ2) is 5.43. The number of aliphatic hydroxyl groups excluding tert-OH is 1. The monoisotopic (exact) mass is 253 g/mol. The Bertz CT molecular complexity index is 443. The predicted octanol–water partition coefficient (Wildman–Crippen LogP) is 3.46. The Balaban J connectivity index is 1.94. The van der Waals surface area contributed by atoms with Gasteiger partial charge in [-0.05, 0) is 42.0 Å². The molecule has 0 fully saturated rings. The van der Waals surface area contributed by atoms with Gasteiger partial charge in [0.25, 0.3) is 0 Å². The summed E-state index contributed by atoms with van der Waals surface area (Å²) in [6, 6.07) is 5.74. The molecule has 2 nitrogen and oxygen atoms in total. The number of pyridine rings is 1. The second-order valence-corrected chi connectivity index (χ2v) is 4.90. The third-order valence-electron chi connectivity index (χ3n) is 2.40. The molecule has 2 heterocycles. The van der Waals surface area contributed by atoms with E-state index >= 15 is 0 Å². The first-order valence-corrected chi connectivity index (χ1v) is 6.33. The van der Waals surface area contributed by atoms with Crippen LogP contribution in [0.3, 0.4) is 0 Å². The van der Waals surface area contributed by atoms with Crippen LogP contribution in [-0.2, 0) is 6.42 Å². The molecular formula is C12H12ClNOS. The summed E-state index contributed by atoms with van der Waals surface area (Å²) < 4.78 is 0. The normalized spacial score (nSPS) is 12.6. The summed E-state index contributed by atoms with van der Waals surface area (Å²) in [6.07, 6.45) is 4.57. The number of rotatable bonds is 4. The molecule has 1 unspecified atom stereocenters. The molecule has 2 aromatic heterocycles. The standard InChI is InChI=1S/C12H12ClNOS/c13-10-5-8-16-12(10)11(15)2-1-9-3-6-14-7-4-9/h3-8,11,15H,1-2H2. The first kappa shape index (κ1) is 11.6. The summed E-state index contributed by atoms with van der Waals surface area (Å²) >= 11 is 7.46. The van der Waals surface area contributed by atoms with Crippen LogP contribution in [0.1, 0.15) is 23.0 Å². The summed E-state index contributed by atoms with van der Waals surface area (Å²) in [5.74, 6) is 0. The van der Waals surface area contributed by atoms with Gasteiger partial charge in [0.05, 0.1) is 16.0 Å². The van der Waals surface area contributed by atoms with Gasteiger partial charge >= 0.3 is 0 Å². The molecule has 1 N–H and O–H groups in total. The third-order valence-corrected chi connectivity index (χ3v) is 3.86. The van der Waals surface area contributed by atoms with Crippen LogP contribution < -0.4 is 0 Å². The van der Waals surface area contributed by atoms with Crippen LogP contribution in [0.4, 0.5) is 0 Å². The third kappa shape index (κ3) is 2.82. The number of hydrogen-bond acceptors (Lipinski definition) is 3. The van der Waals surface area contributed by atoms with Gasteiger partial charge in [-0.1, -0.05) is 11.6 Å². The molecule has 0 radical (unpaired) electrons. The van der Waals surface area contributed by atoms with Crippen molar-refractivity contribution in [2.75, 3.05) is 0 Å². The van der Waals surface area contributed by atoms with Crippen molar-refractivity contribution in [3.05, 3.63) is 51.4 Å². The Hall–Kier alpha value is -0.900. The Morgan fingerprint density at radius 2 is 2.06 bits per heavy atom. The lowest BCUT2D eigenvalue weighted by Gasteiger charge is -2.08. The lowest BCUT2D eigenvalue weighted by molar-refractivity contribution is 0.171. The summed E-state index contributed by atoms with van der Waals surface area (Å²) in [7, 11) is 0. The van der Waals surface area contributed by atoms with Crippen molar-refractivity contribution in [3.8, 4) is 0 Å². The van der Waals surface area contributed by atoms with E-state index in [1.165, 1.54) is 16.9 Å². The molecule has 0 aliphatic carbocycles. The number of hydrogen-bond donors (Lipinski definition) is 1. The quantitative estimate of drug-likeness (QED) is 0.905. The van der Waals surface area contributed by atoms with Crippen LogP contribution in [0.5, 0.6) is 0 Å². The van der Waals surface area contributed by atoms with E-state index in [0.29, 0.717) is 11.4 Å². The van der Waals surface area contributed by atoms with Gasteiger partial charge in [0.2, 0.25) is 0 Å². The van der Waals surface area contributed by atoms with E-state index in [4.69, 9.17) is 11.6 Å². The van der Waals surface area contributed by atoms with Gasteiger partial charge in [0.1, 0.15) is 0 Å². The zero-order valence-corrected chi connectivity index (χ0v) is 10.2. The first-order valence-electron chi connectivity index (χ1n) is 5.07. The van der Waals surface area contributed by atoms with Crippen LogP contribution in [0.15, 0.2) is 36.0 Å². The highest BCUT2D eigenvalue weighted by molar-refractivity contribution is 7.10. The number of aliphatic hydroxyl groups is 1. The number of aromatic nitrogens is 1. The molecule has 0 aromatic carbocycles. The summed E-state index contributed by atoms with van der Waals surface area (Å²) in [6.45, 7) is 0. The van der Waals surface area contributed by atoms with Gasteiger partial charge < -0.3 is 5.11 Å². The van der Waals surface area contributed by atoms with Gasteiger partial charge in [-0.25, -0.2) is 0 Å². The number of nitrogens with zero attached hydrogens (tertiary/aromatic N) is 1. The zero-order valence-electron chi connectivity index (χ0n) is 8.64. The van der Waals surface area contributed by atoms with Crippen LogP contribution >= 0.6 is 22.9 Å². The molecule has 84 valence electrons. The van der Waals surface area contributed by atoms with Crippen molar-refractivity contribution in [1.29, 1.82) is 0 Å². The molecule has 0 saturated carbocycles. The Morgan fingerprint density at radius 1 is 1.31 bits per heavy atom. The SMILES string of the molecule is OC(CCc1ccncc1)c1sccc1Cl. The molecule has 0 aliphatic rings. The first-order chi connectivity index (χ1) is 7.77. The molecule has 16 heavy (non-hydrogen) atoms. The van der Waals surface area contributed by atoms with E-state index in [9.17, 15) is 5.11 Å². The van der Waals surface area contributed by atoms with Crippen LogP contribution in [0, 0.1) is 0 Å². The zero-order chi connectivity index (χ0) is 11.4. The average Bonchev–Trinajstić information content (AvgIpc) is 2.74. The van der Waals surface area contributed by atoms with Crippen LogP contribution in [0.2, 0.25) is 5.02 Å². The van der Waals surface area contributed by atoms with Crippen molar-refractivity contribution in [3.63, 3.8) is 0 Å². The van der Waals surface area contributed by atoms with Crippen LogP contribution in [0.25, 0.3) is 0 Å². The maximum absolute atomic E-state index is 9.96. The van der Waals surface area contributed by atoms with Crippen molar-refractivity contribution < 1.29 is 5.11 Å². The maximum Gasteiger partial charge on any atom is 0.0900 e. The lowest BCUT2D eigenvalue weighted by atomic mass is 10.1. The van der Waals surface area contributed by atoms with E-state index < -0.39 is 6.10 Å². The maximum atomic E-state index is 9.96. The topological polar surface area (TPSA) is 33.1 Å². The van der Waals surface area contributed by atoms with E-state index in [2.05, 4.69) is 4.98 Å². The molecule has 1 atom stereocenters. The second-order valence-electron chi connectivity index (χ2n) is 3.54. The van der Waals surface area contributed by atoms with Gasteiger partial charge in [0, 0.05) is 12.4 Å². The fourth-order valence-electron chi connectivity index (χ4n) is 1.53. The fourth-order valence-corrected chi connectivity index (χ4v) is 2.73. The molecule has 2 rings (SSSR count). The van der Waals surface area contributed by atoms with E-state index in [-0.39, 0.29) is 0 Å². The molecule has 4 heteroatoms. The molecule has 0 bridgehead atoms. The summed E-state index contributed by atoms with van der Waals surface area (Å²) in [5.41, 5.74) is 1.18. The van der Waals surface area contributed by atoms with Gasteiger partial charge in [-0.2, -0.15) is 0 Å². The Morgan fingerprint density at radius 3 is 2.69 bits per heavy atom. The lowest BCUT2D eigenvalue weighted by Crippen LogP contribution is -1.98. The van der Waals surface area contributed by atoms with Crippen molar-refractivity contribution in [1.82, 2.24) is 4.98 Å². The number of thiophene rings is 1. The molecule has 0 aliphatic heterocycles. The molecule has 0 amide bonds. The van der Waals surface area contributed by atoms with E-state index in [1.54, 1.807) is 12.4 Å². The number of halogens is 1. The smallest absolute Gasteiger partial charge is 0.0900 e. The van der Waals surface area contributed by atoms with Crippen LogP contribution in [-0.4, -0.2) is 10.1 Å². The van der Waals surface area contributed by atoms with Crippen molar-refractivity contribution in [2.24, 2.45) is 0 Å². The highest BCUT2D eigenvalue weighted by Gasteiger charge is 2.12. The summed E-state index contributed by atoms with van der Waals surface area (Å²) in [5, 5.41) is 12.5. The number of aryl methyl sites for hydroxylation is 1. The van der Waals surface area contributed by atoms with Crippen molar-refractivity contribution >= 4 is 22.9 Å². The Labute approximate surface area is 104 Å². The fraction of sp³-hybridized carbons (Fsp3) is 0.250. The van der Waals surface area contributed by atoms with Gasteiger partial charge in [-0.15, -0.1) is 11.3 Å². The minimum Gasteiger partial charge on any atom is -0.388 e. The van der Waals surface area contributed by atoms with Crippen molar-refractivity contribution in [2.45, 2.75) is 18.9 Å². The minimum absolute atomic E-state index is 0.472.